The summed E-state index contributed by atoms with van der Waals surface area (Å²) in [4.78, 5) is 38.0. The van der Waals surface area contributed by atoms with Gasteiger partial charge in [0.2, 0.25) is 5.91 Å². The molecule has 8 heteroatoms. The van der Waals surface area contributed by atoms with Gasteiger partial charge in [-0.25, -0.2) is 4.79 Å². The molecular weight excluding hydrogens is 384 g/mol. The van der Waals surface area contributed by atoms with Gasteiger partial charge in [-0.1, -0.05) is 61.9 Å². The SMILES string of the molecule is CCCCC(NC(=O)CCN1C(=O)/C(=C\c2ccccc2)SC1S)C(=O)O. The first-order valence-corrected chi connectivity index (χ1v) is 10.3. The summed E-state index contributed by atoms with van der Waals surface area (Å²) in [7, 11) is 0. The van der Waals surface area contributed by atoms with Crippen molar-refractivity contribution in [2.45, 2.75) is 43.4 Å². The van der Waals surface area contributed by atoms with Crippen molar-refractivity contribution in [3.8, 4) is 0 Å². The fourth-order valence-electron chi connectivity index (χ4n) is 2.63. The number of nitrogens with one attached hydrogen (secondary N) is 1. The molecule has 0 aliphatic carbocycles. The van der Waals surface area contributed by atoms with Crippen LogP contribution in [0.3, 0.4) is 0 Å². The molecule has 0 saturated carbocycles. The van der Waals surface area contributed by atoms with Gasteiger partial charge in [-0.3, -0.25) is 9.59 Å². The van der Waals surface area contributed by atoms with Crippen LogP contribution in [0, 0.1) is 0 Å². The van der Waals surface area contributed by atoms with Gasteiger partial charge in [-0.2, -0.15) is 0 Å². The molecule has 27 heavy (non-hydrogen) atoms. The van der Waals surface area contributed by atoms with E-state index in [-0.39, 0.29) is 29.5 Å². The molecule has 2 atom stereocenters. The molecule has 1 saturated heterocycles. The predicted octanol–water partition coefficient (Wildman–Crippen LogP) is 2.97. The van der Waals surface area contributed by atoms with Crippen molar-refractivity contribution in [1.29, 1.82) is 0 Å². The van der Waals surface area contributed by atoms with E-state index in [1.165, 1.54) is 16.7 Å². The Balaban J connectivity index is 1.91. The van der Waals surface area contributed by atoms with Crippen molar-refractivity contribution in [2.24, 2.45) is 0 Å². The summed E-state index contributed by atoms with van der Waals surface area (Å²) in [5, 5.41) is 11.7. The number of carboxylic acid groups (broad SMARTS) is 1. The largest absolute Gasteiger partial charge is 0.480 e. The Labute approximate surface area is 168 Å². The minimum absolute atomic E-state index is 0.0396. The first-order valence-electron chi connectivity index (χ1n) is 8.87. The second-order valence-electron chi connectivity index (χ2n) is 6.21. The number of thiol groups is 1. The Kier molecular flexibility index (Phi) is 8.24. The molecule has 0 bridgehead atoms. The molecule has 146 valence electrons. The average Bonchev–Trinajstić information content (AvgIpc) is 2.90. The number of carboxylic acids is 1. The zero-order valence-electron chi connectivity index (χ0n) is 15.1. The van der Waals surface area contributed by atoms with Gasteiger partial charge >= 0.3 is 5.97 Å². The predicted molar refractivity (Wildman–Crippen MR) is 110 cm³/mol. The highest BCUT2D eigenvalue weighted by molar-refractivity contribution is 8.14. The zero-order chi connectivity index (χ0) is 19.8. The number of amides is 2. The topological polar surface area (TPSA) is 86.7 Å². The maximum Gasteiger partial charge on any atom is 0.326 e. The number of thioether (sulfide) groups is 1. The fourth-order valence-corrected chi connectivity index (χ4v) is 4.17. The normalized spacial score (nSPS) is 19.3. The second-order valence-corrected chi connectivity index (χ2v) is 8.17. The molecule has 1 fully saturated rings. The Morgan fingerprint density at radius 1 is 1.37 bits per heavy atom. The molecule has 1 aromatic carbocycles. The fraction of sp³-hybridized carbons (Fsp3) is 0.421. The van der Waals surface area contributed by atoms with E-state index in [2.05, 4.69) is 17.9 Å². The van der Waals surface area contributed by atoms with Crippen LogP contribution in [-0.2, 0) is 14.4 Å². The summed E-state index contributed by atoms with van der Waals surface area (Å²) in [5.74, 6) is -1.58. The molecule has 1 aliphatic rings. The number of nitrogens with zero attached hydrogens (tertiary/aromatic N) is 1. The van der Waals surface area contributed by atoms with Gasteiger partial charge in [-0.15, -0.1) is 12.6 Å². The van der Waals surface area contributed by atoms with E-state index in [4.69, 9.17) is 0 Å². The lowest BCUT2D eigenvalue weighted by atomic mass is 10.1. The van der Waals surface area contributed by atoms with Crippen molar-refractivity contribution in [2.75, 3.05) is 6.54 Å². The van der Waals surface area contributed by atoms with Crippen LogP contribution >= 0.6 is 24.4 Å². The van der Waals surface area contributed by atoms with E-state index in [1.54, 1.807) is 0 Å². The van der Waals surface area contributed by atoms with Gasteiger partial charge in [0.1, 0.15) is 10.7 Å². The van der Waals surface area contributed by atoms with Gasteiger partial charge in [0.15, 0.2) is 0 Å². The lowest BCUT2D eigenvalue weighted by Gasteiger charge is -2.20. The first-order chi connectivity index (χ1) is 12.9. The van der Waals surface area contributed by atoms with Gasteiger partial charge in [0, 0.05) is 13.0 Å². The summed E-state index contributed by atoms with van der Waals surface area (Å²) in [6.45, 7) is 2.16. The van der Waals surface area contributed by atoms with Gasteiger partial charge < -0.3 is 15.3 Å². The highest BCUT2D eigenvalue weighted by atomic mass is 32.2. The summed E-state index contributed by atoms with van der Waals surface area (Å²) >= 11 is 5.76. The number of rotatable bonds is 9. The maximum atomic E-state index is 12.6. The lowest BCUT2D eigenvalue weighted by molar-refractivity contribution is -0.142. The van der Waals surface area contributed by atoms with Crippen molar-refractivity contribution in [1.82, 2.24) is 10.2 Å². The Morgan fingerprint density at radius 3 is 2.70 bits per heavy atom. The van der Waals surface area contributed by atoms with Crippen LogP contribution in [0.2, 0.25) is 0 Å². The third kappa shape index (κ3) is 6.32. The first kappa shape index (κ1) is 21.4. The summed E-state index contributed by atoms with van der Waals surface area (Å²) < 4.78 is -0.365. The van der Waals surface area contributed by atoms with Crippen LogP contribution in [-0.4, -0.2) is 45.1 Å². The minimum Gasteiger partial charge on any atom is -0.480 e. The quantitative estimate of drug-likeness (QED) is 0.432. The molecule has 1 aliphatic heterocycles. The average molecular weight is 409 g/mol. The molecule has 6 nitrogen and oxygen atoms in total. The van der Waals surface area contributed by atoms with Gasteiger partial charge in [-0.05, 0) is 18.1 Å². The standard InChI is InChI=1S/C19H24N2O4S2/c1-2-3-9-14(18(24)25)20-16(22)10-11-21-17(23)15(27-19(21)26)12-13-7-5-4-6-8-13/h4-8,12,14,19,26H,2-3,9-11H2,1H3,(H,20,22)(H,24,25)/b15-12+. The van der Waals surface area contributed by atoms with Gasteiger partial charge in [0.25, 0.3) is 5.91 Å². The molecule has 2 amide bonds. The minimum atomic E-state index is -1.04. The summed E-state index contributed by atoms with van der Waals surface area (Å²) in [6, 6.07) is 8.63. The molecule has 2 unspecified atom stereocenters. The number of carbonyl (C=O) groups is 3. The Bertz CT molecular complexity index is 709. The highest BCUT2D eigenvalue weighted by Crippen LogP contribution is 2.38. The van der Waals surface area contributed by atoms with E-state index in [1.807, 2.05) is 43.3 Å². The van der Waals surface area contributed by atoms with Crippen molar-refractivity contribution in [3.05, 3.63) is 40.8 Å². The molecule has 1 aromatic rings. The third-order valence-corrected chi connectivity index (χ3v) is 5.73. The van der Waals surface area contributed by atoms with E-state index in [0.29, 0.717) is 11.3 Å². The summed E-state index contributed by atoms with van der Waals surface area (Å²) in [6.07, 6.45) is 3.83. The molecule has 2 rings (SSSR count). The second kappa shape index (κ2) is 10.4. The van der Waals surface area contributed by atoms with Crippen LogP contribution in [0.25, 0.3) is 6.08 Å². The van der Waals surface area contributed by atoms with E-state index < -0.39 is 12.0 Å². The monoisotopic (exact) mass is 408 g/mol. The number of hydrogen-bond acceptors (Lipinski definition) is 5. The number of aliphatic carboxylic acids is 1. The van der Waals surface area contributed by atoms with Crippen LogP contribution in [0.5, 0.6) is 0 Å². The maximum absolute atomic E-state index is 12.6. The lowest BCUT2D eigenvalue weighted by Crippen LogP contribution is -2.42. The third-order valence-electron chi connectivity index (χ3n) is 4.13. The van der Waals surface area contributed by atoms with Crippen LogP contribution in [0.15, 0.2) is 35.2 Å². The molecule has 0 spiro atoms. The van der Waals surface area contributed by atoms with Crippen LogP contribution in [0.1, 0.15) is 38.2 Å². The zero-order valence-corrected chi connectivity index (χ0v) is 16.8. The van der Waals surface area contributed by atoms with Crippen LogP contribution in [0.4, 0.5) is 0 Å². The number of benzene rings is 1. The number of hydrogen-bond donors (Lipinski definition) is 3. The van der Waals surface area contributed by atoms with E-state index in [9.17, 15) is 19.5 Å². The van der Waals surface area contributed by atoms with E-state index >= 15 is 0 Å². The summed E-state index contributed by atoms with van der Waals surface area (Å²) in [5.41, 5.74) is 0.925. The van der Waals surface area contributed by atoms with Crippen molar-refractivity contribution < 1.29 is 19.5 Å². The smallest absolute Gasteiger partial charge is 0.326 e. The van der Waals surface area contributed by atoms with E-state index in [0.717, 1.165) is 18.4 Å². The number of carbonyl (C=O) groups excluding carboxylic acids is 2. The number of unbranched alkanes of at least 4 members (excludes halogenated alkanes) is 1. The molecule has 0 aromatic heterocycles. The molecule has 1 heterocycles. The molecular formula is C19H24N2O4S2. The highest BCUT2D eigenvalue weighted by Gasteiger charge is 2.34. The van der Waals surface area contributed by atoms with Crippen LogP contribution < -0.4 is 5.32 Å². The molecule has 0 radical (unpaired) electrons. The Morgan fingerprint density at radius 2 is 2.07 bits per heavy atom. The molecule has 2 N–H and O–H groups in total. The van der Waals surface area contributed by atoms with Gasteiger partial charge in [0.05, 0.1) is 4.91 Å². The van der Waals surface area contributed by atoms with Crippen molar-refractivity contribution >= 4 is 48.3 Å². The Hall–Kier alpha value is -1.93. The van der Waals surface area contributed by atoms with Crippen molar-refractivity contribution in [3.63, 3.8) is 0 Å².